The van der Waals surface area contributed by atoms with E-state index in [0.29, 0.717) is 17.2 Å². The first-order chi connectivity index (χ1) is 13.8. The second-order valence-electron chi connectivity index (χ2n) is 6.14. The number of hydrogen-bond donors (Lipinski definition) is 0. The smallest absolute Gasteiger partial charge is 0.409 e. The minimum atomic E-state index is -1.59. The molecule has 0 fully saturated rings. The fraction of sp³-hybridized carbons (Fsp3) is 0.250. The van der Waals surface area contributed by atoms with Crippen LogP contribution in [0.4, 0.5) is 0 Å². The highest BCUT2D eigenvalue weighted by Crippen LogP contribution is 2.41. The first-order valence-corrected chi connectivity index (χ1v) is 10.9. The number of unbranched alkanes of at least 4 members (excludes halogenated alkanes) is 3. The van der Waals surface area contributed by atoms with Crippen LogP contribution in [-0.2, 0) is 0 Å². The molecule has 3 aromatic carbocycles. The number of benzene rings is 3. The van der Waals surface area contributed by atoms with Crippen LogP contribution in [0.5, 0.6) is 17.2 Å². The maximum atomic E-state index is 5.84. The molecule has 0 atom stereocenters. The van der Waals surface area contributed by atoms with Gasteiger partial charge in [0.25, 0.3) is 0 Å². The minimum Gasteiger partial charge on any atom is -0.409 e. The predicted molar refractivity (Wildman–Crippen MR) is 118 cm³/mol. The average molecular weight is 396 g/mol. The van der Waals surface area contributed by atoms with Gasteiger partial charge in [0.05, 0.1) is 0 Å². The van der Waals surface area contributed by atoms with Gasteiger partial charge in [-0.2, -0.15) is 0 Å². The van der Waals surface area contributed by atoms with E-state index in [4.69, 9.17) is 13.6 Å². The van der Waals surface area contributed by atoms with Crippen LogP contribution < -0.4 is 13.6 Å². The van der Waals surface area contributed by atoms with E-state index in [9.17, 15) is 0 Å². The van der Waals surface area contributed by atoms with Gasteiger partial charge in [-0.1, -0.05) is 94.1 Å². The Morgan fingerprint density at radius 3 is 1.04 bits per heavy atom. The molecule has 0 heterocycles. The highest BCUT2D eigenvalue weighted by Gasteiger charge is 2.19. The summed E-state index contributed by atoms with van der Waals surface area (Å²) in [7, 11) is -1.59. The standard InChI is InChI=1S/C18H15O3P.C6H14/c1-4-10-16(11-5-1)19-22(20-17-12-6-2-7-13-17)21-18-14-8-3-9-15-18;1-3-5-6-4-2/h1-15H;3-6H2,1-2H3. The molecule has 0 aromatic heterocycles. The van der Waals surface area contributed by atoms with Gasteiger partial charge >= 0.3 is 8.60 Å². The van der Waals surface area contributed by atoms with Crippen LogP contribution in [0.2, 0.25) is 0 Å². The number of hydrogen-bond acceptors (Lipinski definition) is 3. The predicted octanol–water partition coefficient (Wildman–Crippen LogP) is 8.04. The molecule has 3 rings (SSSR count). The average Bonchev–Trinajstić information content (AvgIpc) is 2.75. The Hall–Kier alpha value is -2.51. The molecular formula is C24H29O3P. The van der Waals surface area contributed by atoms with Gasteiger partial charge in [0.1, 0.15) is 17.2 Å². The molecule has 0 aliphatic rings. The zero-order valence-corrected chi connectivity index (χ0v) is 17.6. The summed E-state index contributed by atoms with van der Waals surface area (Å²) in [5, 5.41) is 0. The highest BCUT2D eigenvalue weighted by atomic mass is 31.2. The van der Waals surface area contributed by atoms with Gasteiger partial charge in [-0.3, -0.25) is 0 Å². The zero-order valence-electron chi connectivity index (χ0n) is 16.7. The van der Waals surface area contributed by atoms with Crippen LogP contribution in [0, 0.1) is 0 Å². The molecule has 0 spiro atoms. The van der Waals surface area contributed by atoms with Crippen LogP contribution in [0.3, 0.4) is 0 Å². The summed E-state index contributed by atoms with van der Waals surface area (Å²) < 4.78 is 17.5. The molecule has 3 nitrogen and oxygen atoms in total. The molecule has 0 N–H and O–H groups in total. The number of para-hydroxylation sites is 3. The van der Waals surface area contributed by atoms with Crippen LogP contribution in [0.15, 0.2) is 91.0 Å². The monoisotopic (exact) mass is 396 g/mol. The third kappa shape index (κ3) is 8.92. The van der Waals surface area contributed by atoms with E-state index in [2.05, 4.69) is 13.8 Å². The summed E-state index contributed by atoms with van der Waals surface area (Å²) >= 11 is 0. The Kier molecular flexibility index (Phi) is 10.6. The van der Waals surface area contributed by atoms with Crippen molar-refractivity contribution in [2.45, 2.75) is 39.5 Å². The summed E-state index contributed by atoms with van der Waals surface area (Å²) in [6.45, 7) is 4.46. The summed E-state index contributed by atoms with van der Waals surface area (Å²) in [6, 6.07) is 28.5. The van der Waals surface area contributed by atoms with Gasteiger partial charge in [0.2, 0.25) is 0 Å². The molecule has 0 radical (unpaired) electrons. The van der Waals surface area contributed by atoms with Crippen molar-refractivity contribution in [2.24, 2.45) is 0 Å². The van der Waals surface area contributed by atoms with E-state index in [0.717, 1.165) is 0 Å². The van der Waals surface area contributed by atoms with Crippen molar-refractivity contribution in [1.29, 1.82) is 0 Å². The largest absolute Gasteiger partial charge is 0.530 e. The maximum Gasteiger partial charge on any atom is 0.530 e. The van der Waals surface area contributed by atoms with Gasteiger partial charge in [-0.05, 0) is 36.4 Å². The van der Waals surface area contributed by atoms with Crippen LogP contribution in [0.1, 0.15) is 39.5 Å². The molecule has 4 heteroatoms. The van der Waals surface area contributed by atoms with E-state index in [-0.39, 0.29) is 0 Å². The van der Waals surface area contributed by atoms with E-state index < -0.39 is 8.60 Å². The molecule has 0 amide bonds. The van der Waals surface area contributed by atoms with Gasteiger partial charge in [-0.15, -0.1) is 0 Å². The SMILES string of the molecule is CCCCCC.c1ccc(OP(Oc2ccccc2)Oc2ccccc2)cc1. The molecular weight excluding hydrogens is 367 g/mol. The lowest BCUT2D eigenvalue weighted by Gasteiger charge is -2.17. The molecule has 0 saturated heterocycles. The topological polar surface area (TPSA) is 27.7 Å². The van der Waals surface area contributed by atoms with Crippen molar-refractivity contribution in [3.05, 3.63) is 91.0 Å². The molecule has 148 valence electrons. The van der Waals surface area contributed by atoms with Gasteiger partial charge < -0.3 is 13.6 Å². The lowest BCUT2D eigenvalue weighted by atomic mass is 10.2. The molecule has 28 heavy (non-hydrogen) atoms. The van der Waals surface area contributed by atoms with Crippen LogP contribution in [0.25, 0.3) is 0 Å². The first kappa shape index (κ1) is 21.8. The fourth-order valence-corrected chi connectivity index (χ4v) is 3.25. The van der Waals surface area contributed by atoms with E-state index in [1.54, 1.807) is 0 Å². The molecule has 3 aromatic rings. The minimum absolute atomic E-state index is 0.709. The van der Waals surface area contributed by atoms with Crippen LogP contribution >= 0.6 is 8.60 Å². The van der Waals surface area contributed by atoms with E-state index in [1.807, 2.05) is 91.0 Å². The Morgan fingerprint density at radius 2 is 0.786 bits per heavy atom. The lowest BCUT2D eigenvalue weighted by molar-refractivity contribution is 0.388. The first-order valence-electron chi connectivity index (χ1n) is 9.81. The normalized spacial score (nSPS) is 9.96. The fourth-order valence-electron chi connectivity index (χ4n) is 2.26. The molecule has 0 bridgehead atoms. The second kappa shape index (κ2) is 13.6. The summed E-state index contributed by atoms with van der Waals surface area (Å²) in [6.07, 6.45) is 5.54. The molecule has 0 saturated carbocycles. The summed E-state index contributed by atoms with van der Waals surface area (Å²) in [5.41, 5.74) is 0. The number of rotatable bonds is 9. The van der Waals surface area contributed by atoms with Crippen molar-refractivity contribution < 1.29 is 13.6 Å². The summed E-state index contributed by atoms with van der Waals surface area (Å²) in [5.74, 6) is 2.13. The lowest BCUT2D eigenvalue weighted by Crippen LogP contribution is -2.02. The Bertz CT molecular complexity index is 633. The maximum absolute atomic E-state index is 5.84. The van der Waals surface area contributed by atoms with Crippen molar-refractivity contribution in [3.8, 4) is 17.2 Å². The Morgan fingerprint density at radius 1 is 0.500 bits per heavy atom. The molecule has 0 aliphatic carbocycles. The van der Waals surface area contributed by atoms with Gasteiger partial charge in [0.15, 0.2) is 0 Å². The third-order valence-corrected chi connectivity index (χ3v) is 4.81. The van der Waals surface area contributed by atoms with Crippen molar-refractivity contribution >= 4 is 8.60 Å². The van der Waals surface area contributed by atoms with Gasteiger partial charge in [-0.25, -0.2) is 0 Å². The van der Waals surface area contributed by atoms with E-state index >= 15 is 0 Å². The Balaban J connectivity index is 0.000000409. The van der Waals surface area contributed by atoms with Crippen molar-refractivity contribution in [3.63, 3.8) is 0 Å². The highest BCUT2D eigenvalue weighted by molar-refractivity contribution is 7.43. The molecule has 0 aliphatic heterocycles. The Labute approximate surface area is 170 Å². The summed E-state index contributed by atoms with van der Waals surface area (Å²) in [4.78, 5) is 0. The molecule has 0 unspecified atom stereocenters. The second-order valence-corrected chi connectivity index (χ2v) is 7.14. The van der Waals surface area contributed by atoms with Crippen molar-refractivity contribution in [2.75, 3.05) is 0 Å². The quantitative estimate of drug-likeness (QED) is 0.270. The zero-order chi connectivity index (χ0) is 19.9. The van der Waals surface area contributed by atoms with E-state index in [1.165, 1.54) is 25.7 Å². The van der Waals surface area contributed by atoms with Crippen molar-refractivity contribution in [1.82, 2.24) is 0 Å². The third-order valence-electron chi connectivity index (χ3n) is 3.73. The van der Waals surface area contributed by atoms with Gasteiger partial charge in [0, 0.05) is 0 Å². The van der Waals surface area contributed by atoms with Crippen LogP contribution in [-0.4, -0.2) is 0 Å².